The third-order valence-electron chi connectivity index (χ3n) is 9.85. The van der Waals surface area contributed by atoms with Crippen molar-refractivity contribution >= 4 is 54.0 Å². The third-order valence-corrected chi connectivity index (χ3v) is 11.1. The lowest BCUT2D eigenvalue weighted by Crippen LogP contribution is -2.28. The van der Waals surface area contributed by atoms with E-state index in [0.29, 0.717) is 0 Å². The number of benzene rings is 7. The van der Waals surface area contributed by atoms with Crippen LogP contribution in [0, 0.1) is 0 Å². The second-order valence-electron chi connectivity index (χ2n) is 12.1. The normalized spacial score (nSPS) is 13.5. The molecule has 2 heterocycles. The van der Waals surface area contributed by atoms with Gasteiger partial charge in [0.2, 0.25) is 0 Å². The first-order valence-corrected chi connectivity index (χ1v) is 16.3. The molecular weight excluding hydrogens is 563 g/mol. The van der Waals surface area contributed by atoms with Crippen LogP contribution in [0.15, 0.2) is 164 Å². The molecule has 2 heteroatoms. The van der Waals surface area contributed by atoms with Crippen LogP contribution in [-0.4, -0.2) is 4.57 Å². The summed E-state index contributed by atoms with van der Waals surface area (Å²) in [6.45, 7) is 0. The number of aromatic nitrogens is 1. The Morgan fingerprint density at radius 3 is 1.93 bits per heavy atom. The van der Waals surface area contributed by atoms with E-state index in [2.05, 4.69) is 168 Å². The maximum atomic E-state index is 2.50. The topological polar surface area (TPSA) is 4.93 Å². The van der Waals surface area contributed by atoms with Gasteiger partial charge in [0.25, 0.3) is 0 Å². The smallest absolute Gasteiger partial charge is 0.0728 e. The first-order valence-electron chi connectivity index (χ1n) is 15.5. The van der Waals surface area contributed by atoms with Crippen molar-refractivity contribution in [1.29, 1.82) is 0 Å². The molecule has 2 aromatic heterocycles. The average Bonchev–Trinajstić information content (AvgIpc) is 3.75. The fourth-order valence-electron chi connectivity index (χ4n) is 8.03. The summed E-state index contributed by atoms with van der Waals surface area (Å²) in [5.74, 6) is 0. The largest absolute Gasteiger partial charge is 0.308 e. The maximum Gasteiger partial charge on any atom is 0.0728 e. The molecule has 1 nitrogen and oxygen atoms in total. The minimum Gasteiger partial charge on any atom is -0.308 e. The van der Waals surface area contributed by atoms with Crippen molar-refractivity contribution in [3.8, 4) is 16.1 Å². The molecule has 0 fully saturated rings. The second-order valence-corrected chi connectivity index (χ2v) is 13.1. The first kappa shape index (κ1) is 24.9. The van der Waals surface area contributed by atoms with Crippen LogP contribution in [-0.2, 0) is 5.41 Å². The molecule has 0 saturated heterocycles. The highest BCUT2D eigenvalue weighted by molar-refractivity contribution is 7.23. The van der Waals surface area contributed by atoms with Crippen molar-refractivity contribution in [2.75, 3.05) is 0 Å². The molecule has 0 amide bonds. The summed E-state index contributed by atoms with van der Waals surface area (Å²) in [5.41, 5.74) is 10.0. The molecule has 0 spiro atoms. The van der Waals surface area contributed by atoms with Gasteiger partial charge >= 0.3 is 0 Å². The second kappa shape index (κ2) is 9.28. The highest BCUT2D eigenvalue weighted by Gasteiger charge is 2.48. The lowest BCUT2D eigenvalue weighted by Gasteiger charge is -2.33. The van der Waals surface area contributed by atoms with Crippen LogP contribution >= 0.6 is 11.3 Å². The fourth-order valence-corrected chi connectivity index (χ4v) is 9.47. The van der Waals surface area contributed by atoms with Crippen molar-refractivity contribution in [3.63, 3.8) is 0 Å². The molecule has 0 N–H and O–H groups in total. The summed E-state index contributed by atoms with van der Waals surface area (Å²) in [6, 6.07) is 60.5. The predicted molar refractivity (Wildman–Crippen MR) is 191 cm³/mol. The van der Waals surface area contributed by atoms with Crippen LogP contribution in [0.3, 0.4) is 0 Å². The van der Waals surface area contributed by atoms with Gasteiger partial charge in [-0.2, -0.15) is 0 Å². The molecule has 0 radical (unpaired) electrons. The summed E-state index contributed by atoms with van der Waals surface area (Å²) in [7, 11) is 0. The van der Waals surface area contributed by atoms with Gasteiger partial charge in [0.15, 0.2) is 0 Å². The molecule has 7 aromatic carbocycles. The van der Waals surface area contributed by atoms with Crippen LogP contribution in [0.2, 0.25) is 0 Å². The molecule has 0 bridgehead atoms. The molecule has 0 atom stereocenters. The van der Waals surface area contributed by atoms with Crippen molar-refractivity contribution in [3.05, 3.63) is 186 Å². The van der Waals surface area contributed by atoms with E-state index in [0.717, 1.165) is 0 Å². The molecule has 10 rings (SSSR count). The number of rotatable bonds is 3. The quantitative estimate of drug-likeness (QED) is 0.193. The van der Waals surface area contributed by atoms with E-state index in [1.54, 1.807) is 0 Å². The van der Waals surface area contributed by atoms with E-state index in [1.165, 1.54) is 81.0 Å². The third kappa shape index (κ3) is 3.27. The zero-order valence-corrected chi connectivity index (χ0v) is 25.3. The Hall–Kier alpha value is -5.44. The number of hydrogen-bond acceptors (Lipinski definition) is 1. The van der Waals surface area contributed by atoms with Gasteiger partial charge in [0, 0.05) is 26.7 Å². The van der Waals surface area contributed by atoms with Crippen molar-refractivity contribution < 1.29 is 0 Å². The standard InChI is InChI=1S/C43H27NS/c1-3-15-30(16-4-1)43(31-17-5-2-6-18-31)37-21-11-9-20-35(37)41-39(43)36-26-25-34-33-19-10-12-22-38(33)44(40(34)42(36)45-41)32-24-23-28-13-7-8-14-29(28)27-32/h1-27H. The number of fused-ring (bicyclic) bond motifs is 10. The Morgan fingerprint density at radius 2 is 1.13 bits per heavy atom. The Kier molecular flexibility index (Phi) is 5.14. The minimum atomic E-state index is -0.417. The van der Waals surface area contributed by atoms with Gasteiger partial charge in [0.1, 0.15) is 0 Å². The lowest BCUT2D eigenvalue weighted by atomic mass is 9.67. The number of para-hydroxylation sites is 1. The number of thiophene rings is 1. The van der Waals surface area contributed by atoms with Gasteiger partial charge in [-0.15, -0.1) is 11.3 Å². The fraction of sp³-hybridized carbons (Fsp3) is 0.0233. The molecule has 1 aliphatic rings. The molecular formula is C43H27NS. The molecule has 45 heavy (non-hydrogen) atoms. The monoisotopic (exact) mass is 589 g/mol. The molecule has 9 aromatic rings. The molecule has 0 unspecified atom stereocenters. The number of nitrogens with zero attached hydrogens (tertiary/aromatic N) is 1. The highest BCUT2D eigenvalue weighted by atomic mass is 32.1. The van der Waals surface area contributed by atoms with Gasteiger partial charge in [0.05, 0.1) is 21.1 Å². The molecule has 0 aliphatic heterocycles. The Bertz CT molecular complexity index is 2550. The Morgan fingerprint density at radius 1 is 0.489 bits per heavy atom. The van der Waals surface area contributed by atoms with E-state index < -0.39 is 5.41 Å². The Balaban J connectivity index is 1.39. The summed E-state index contributed by atoms with van der Waals surface area (Å²) < 4.78 is 3.84. The predicted octanol–water partition coefficient (Wildman–Crippen LogP) is 11.5. The minimum absolute atomic E-state index is 0.417. The molecule has 0 saturated carbocycles. The SMILES string of the molecule is c1ccc(C2(c3ccccc3)c3ccccc3-c3sc4c(ccc5c6ccccc6n(-c6ccc7ccccc7c6)c54)c32)cc1. The van der Waals surface area contributed by atoms with Crippen LogP contribution in [0.25, 0.3) is 58.8 Å². The van der Waals surface area contributed by atoms with Gasteiger partial charge in [-0.25, -0.2) is 0 Å². The average molecular weight is 590 g/mol. The van der Waals surface area contributed by atoms with E-state index >= 15 is 0 Å². The summed E-state index contributed by atoms with van der Waals surface area (Å²) >= 11 is 1.96. The van der Waals surface area contributed by atoms with Crippen LogP contribution in [0.4, 0.5) is 0 Å². The van der Waals surface area contributed by atoms with Gasteiger partial charge in [-0.1, -0.05) is 146 Å². The molecule has 1 aliphatic carbocycles. The van der Waals surface area contributed by atoms with E-state index in [1.807, 2.05) is 11.3 Å². The van der Waals surface area contributed by atoms with Crippen molar-refractivity contribution in [1.82, 2.24) is 4.57 Å². The van der Waals surface area contributed by atoms with E-state index in [-0.39, 0.29) is 0 Å². The Labute approximate surface area is 265 Å². The van der Waals surface area contributed by atoms with Gasteiger partial charge in [-0.05, 0) is 56.8 Å². The van der Waals surface area contributed by atoms with Crippen LogP contribution in [0.5, 0.6) is 0 Å². The summed E-state index contributed by atoms with van der Waals surface area (Å²) in [4.78, 5) is 1.37. The lowest BCUT2D eigenvalue weighted by molar-refractivity contribution is 0.776. The summed E-state index contributed by atoms with van der Waals surface area (Å²) in [6.07, 6.45) is 0. The van der Waals surface area contributed by atoms with Gasteiger partial charge in [-0.3, -0.25) is 0 Å². The number of hydrogen-bond donors (Lipinski definition) is 0. The van der Waals surface area contributed by atoms with Crippen molar-refractivity contribution in [2.45, 2.75) is 5.41 Å². The zero-order valence-electron chi connectivity index (χ0n) is 24.4. The summed E-state index contributed by atoms with van der Waals surface area (Å²) in [5, 5.41) is 6.42. The van der Waals surface area contributed by atoms with E-state index in [9.17, 15) is 0 Å². The zero-order chi connectivity index (χ0) is 29.5. The maximum absolute atomic E-state index is 2.50. The van der Waals surface area contributed by atoms with E-state index in [4.69, 9.17) is 0 Å². The van der Waals surface area contributed by atoms with Crippen LogP contribution < -0.4 is 0 Å². The first-order chi connectivity index (χ1) is 22.3. The van der Waals surface area contributed by atoms with Crippen LogP contribution in [0.1, 0.15) is 22.3 Å². The van der Waals surface area contributed by atoms with Gasteiger partial charge < -0.3 is 4.57 Å². The highest BCUT2D eigenvalue weighted by Crippen LogP contribution is 2.61. The van der Waals surface area contributed by atoms with Crippen molar-refractivity contribution in [2.24, 2.45) is 0 Å². The molecule has 210 valence electrons.